The minimum Gasteiger partial charge on any atom is -0.493 e. The summed E-state index contributed by atoms with van der Waals surface area (Å²) >= 11 is 0. The molecule has 0 amide bonds. The second-order valence-electron chi connectivity index (χ2n) is 3.42. The van der Waals surface area contributed by atoms with Crippen molar-refractivity contribution >= 4 is 6.08 Å². The summed E-state index contributed by atoms with van der Waals surface area (Å²) in [6.45, 7) is 0.228. The highest BCUT2D eigenvalue weighted by molar-refractivity contribution is 5.55. The van der Waals surface area contributed by atoms with Gasteiger partial charge in [-0.3, -0.25) is 0 Å². The number of fused-ring (bicyclic) bond motifs is 1. The Labute approximate surface area is 83.8 Å². The van der Waals surface area contributed by atoms with E-state index < -0.39 is 0 Å². The number of aliphatic hydroxyl groups is 1. The van der Waals surface area contributed by atoms with Gasteiger partial charge in [0.15, 0.2) is 0 Å². The van der Waals surface area contributed by atoms with Gasteiger partial charge in [-0.25, -0.2) is 0 Å². The molecule has 1 aliphatic rings. The van der Waals surface area contributed by atoms with E-state index in [0.717, 1.165) is 12.8 Å². The Morgan fingerprint density at radius 3 is 3.00 bits per heavy atom. The highest BCUT2D eigenvalue weighted by Gasteiger charge is 2.16. The molecule has 2 nitrogen and oxygen atoms in total. The maximum absolute atomic E-state index is 8.77. The van der Waals surface area contributed by atoms with Crippen LogP contribution in [0.3, 0.4) is 0 Å². The van der Waals surface area contributed by atoms with Crippen LogP contribution in [0.5, 0.6) is 0 Å². The van der Waals surface area contributed by atoms with Crippen LogP contribution in [-0.2, 0) is 4.74 Å². The normalized spacial score (nSPS) is 18.8. The Bertz CT molecular complexity index is 331. The summed E-state index contributed by atoms with van der Waals surface area (Å²) in [5, 5.41) is 8.77. The lowest BCUT2D eigenvalue weighted by atomic mass is 9.98. The van der Waals surface area contributed by atoms with Crippen LogP contribution in [0.25, 0.3) is 6.08 Å². The zero-order valence-electron chi connectivity index (χ0n) is 8.02. The third-order valence-electron chi connectivity index (χ3n) is 2.46. The van der Waals surface area contributed by atoms with E-state index >= 15 is 0 Å². The van der Waals surface area contributed by atoms with Gasteiger partial charge in [-0.2, -0.15) is 0 Å². The van der Waals surface area contributed by atoms with Crippen molar-refractivity contribution in [3.63, 3.8) is 0 Å². The van der Waals surface area contributed by atoms with Crippen LogP contribution in [-0.4, -0.2) is 11.7 Å². The van der Waals surface area contributed by atoms with E-state index in [2.05, 4.69) is 12.1 Å². The van der Waals surface area contributed by atoms with Crippen molar-refractivity contribution in [2.24, 2.45) is 0 Å². The molecular formula is C12H14O2. The van der Waals surface area contributed by atoms with Crippen LogP contribution >= 0.6 is 0 Å². The molecule has 1 aromatic carbocycles. The SMILES string of the molecule is OCCCC1OC=Cc2ccccc21. The first-order valence-corrected chi connectivity index (χ1v) is 4.93. The average Bonchev–Trinajstić information content (AvgIpc) is 2.26. The lowest BCUT2D eigenvalue weighted by Crippen LogP contribution is -2.07. The Hall–Kier alpha value is -1.28. The average molecular weight is 190 g/mol. The van der Waals surface area contributed by atoms with Gasteiger partial charge in [-0.15, -0.1) is 0 Å². The van der Waals surface area contributed by atoms with Crippen LogP contribution in [0.15, 0.2) is 30.5 Å². The van der Waals surface area contributed by atoms with Gasteiger partial charge in [-0.05, 0) is 30.0 Å². The fraction of sp³-hybridized carbons (Fsp3) is 0.333. The van der Waals surface area contributed by atoms with E-state index in [0.29, 0.717) is 0 Å². The molecule has 0 bridgehead atoms. The standard InChI is InChI=1S/C12H14O2/c13-8-3-6-12-11-5-2-1-4-10(11)7-9-14-12/h1-2,4-5,7,9,12-13H,3,6,8H2. The number of rotatable bonds is 3. The first kappa shape index (κ1) is 9.28. The van der Waals surface area contributed by atoms with E-state index in [9.17, 15) is 0 Å². The highest BCUT2D eigenvalue weighted by Crippen LogP contribution is 2.30. The number of hydrogen-bond acceptors (Lipinski definition) is 2. The summed E-state index contributed by atoms with van der Waals surface area (Å²) in [6, 6.07) is 8.21. The molecule has 0 radical (unpaired) electrons. The molecule has 0 saturated heterocycles. The zero-order valence-corrected chi connectivity index (χ0v) is 8.02. The molecule has 0 spiro atoms. The minimum atomic E-state index is 0.114. The minimum absolute atomic E-state index is 0.114. The first-order chi connectivity index (χ1) is 6.92. The Kier molecular flexibility index (Phi) is 2.84. The molecule has 0 saturated carbocycles. The predicted molar refractivity (Wildman–Crippen MR) is 55.6 cm³/mol. The van der Waals surface area contributed by atoms with Crippen molar-refractivity contribution in [3.05, 3.63) is 41.7 Å². The fourth-order valence-electron chi connectivity index (χ4n) is 1.74. The second-order valence-corrected chi connectivity index (χ2v) is 3.42. The monoisotopic (exact) mass is 190 g/mol. The molecule has 0 aromatic heterocycles. The maximum Gasteiger partial charge on any atom is 0.123 e. The predicted octanol–water partition coefficient (Wildman–Crippen LogP) is 2.50. The van der Waals surface area contributed by atoms with Gasteiger partial charge >= 0.3 is 0 Å². The van der Waals surface area contributed by atoms with Crippen molar-refractivity contribution < 1.29 is 9.84 Å². The molecule has 1 N–H and O–H groups in total. The number of hydrogen-bond donors (Lipinski definition) is 1. The molecule has 0 aliphatic carbocycles. The molecule has 0 fully saturated rings. The van der Waals surface area contributed by atoms with Gasteiger partial charge in [0.2, 0.25) is 0 Å². The van der Waals surface area contributed by atoms with Crippen LogP contribution < -0.4 is 0 Å². The van der Waals surface area contributed by atoms with Crippen molar-refractivity contribution in [1.29, 1.82) is 0 Å². The number of aliphatic hydroxyl groups excluding tert-OH is 1. The summed E-state index contributed by atoms with van der Waals surface area (Å²) in [5.41, 5.74) is 2.45. The highest BCUT2D eigenvalue weighted by atomic mass is 16.5. The van der Waals surface area contributed by atoms with E-state index in [1.54, 1.807) is 6.26 Å². The number of benzene rings is 1. The van der Waals surface area contributed by atoms with Gasteiger partial charge in [0.1, 0.15) is 6.10 Å². The Morgan fingerprint density at radius 1 is 1.29 bits per heavy atom. The number of ether oxygens (including phenoxy) is 1. The van der Waals surface area contributed by atoms with Crippen molar-refractivity contribution in [2.45, 2.75) is 18.9 Å². The third-order valence-corrected chi connectivity index (χ3v) is 2.46. The third kappa shape index (κ3) is 1.80. The fourth-order valence-corrected chi connectivity index (χ4v) is 1.74. The molecule has 1 unspecified atom stereocenters. The van der Waals surface area contributed by atoms with E-state index in [-0.39, 0.29) is 12.7 Å². The molecule has 74 valence electrons. The summed E-state index contributed by atoms with van der Waals surface area (Å²) < 4.78 is 5.51. The molecule has 2 rings (SSSR count). The molecule has 1 atom stereocenters. The summed E-state index contributed by atoms with van der Waals surface area (Å²) in [7, 11) is 0. The lowest BCUT2D eigenvalue weighted by molar-refractivity contribution is 0.124. The first-order valence-electron chi connectivity index (χ1n) is 4.93. The zero-order chi connectivity index (χ0) is 9.80. The van der Waals surface area contributed by atoms with Gasteiger partial charge in [0.05, 0.1) is 6.26 Å². The van der Waals surface area contributed by atoms with Crippen molar-refractivity contribution in [3.8, 4) is 0 Å². The van der Waals surface area contributed by atoms with E-state index in [4.69, 9.17) is 9.84 Å². The Morgan fingerprint density at radius 2 is 2.14 bits per heavy atom. The summed E-state index contributed by atoms with van der Waals surface area (Å²) in [5.74, 6) is 0. The van der Waals surface area contributed by atoms with Gasteiger partial charge in [-0.1, -0.05) is 24.3 Å². The van der Waals surface area contributed by atoms with Crippen molar-refractivity contribution in [1.82, 2.24) is 0 Å². The quantitative estimate of drug-likeness (QED) is 0.793. The molecule has 1 aliphatic heterocycles. The molecular weight excluding hydrogens is 176 g/mol. The van der Waals surface area contributed by atoms with Gasteiger partial charge < -0.3 is 9.84 Å². The van der Waals surface area contributed by atoms with Crippen LogP contribution in [0.2, 0.25) is 0 Å². The largest absolute Gasteiger partial charge is 0.493 e. The molecule has 1 heterocycles. The van der Waals surface area contributed by atoms with Crippen LogP contribution in [0.1, 0.15) is 30.1 Å². The second kappa shape index (κ2) is 4.29. The topological polar surface area (TPSA) is 29.5 Å². The van der Waals surface area contributed by atoms with Gasteiger partial charge in [0.25, 0.3) is 0 Å². The van der Waals surface area contributed by atoms with E-state index in [1.807, 2.05) is 18.2 Å². The van der Waals surface area contributed by atoms with Crippen LogP contribution in [0.4, 0.5) is 0 Å². The summed E-state index contributed by atoms with van der Waals surface area (Å²) in [6.07, 6.45) is 5.49. The maximum atomic E-state index is 8.77. The van der Waals surface area contributed by atoms with E-state index in [1.165, 1.54) is 11.1 Å². The Balaban J connectivity index is 2.18. The van der Waals surface area contributed by atoms with Crippen molar-refractivity contribution in [2.75, 3.05) is 6.61 Å². The lowest BCUT2D eigenvalue weighted by Gasteiger charge is -2.22. The van der Waals surface area contributed by atoms with Crippen LogP contribution in [0, 0.1) is 0 Å². The van der Waals surface area contributed by atoms with Gasteiger partial charge in [0, 0.05) is 6.61 Å². The molecule has 14 heavy (non-hydrogen) atoms. The molecule has 2 heteroatoms. The smallest absolute Gasteiger partial charge is 0.123 e. The summed E-state index contributed by atoms with van der Waals surface area (Å²) in [4.78, 5) is 0. The molecule has 1 aromatic rings.